The number of phenolic OH excluding ortho intramolecular Hbond substituents is 1. The summed E-state index contributed by atoms with van der Waals surface area (Å²) in [5.74, 6) is -2.80. The second-order valence-corrected chi connectivity index (χ2v) is 10.6. The first kappa shape index (κ1) is 24.0. The molecule has 2 aromatic rings. The van der Waals surface area contributed by atoms with Crippen molar-refractivity contribution in [3.8, 4) is 5.75 Å². The Bertz CT molecular complexity index is 1550. The minimum absolute atomic E-state index is 0.143. The van der Waals surface area contributed by atoms with E-state index in [0.29, 0.717) is 34.4 Å². The molecule has 6 heteroatoms. The molecule has 4 aliphatic rings. The molecule has 0 radical (unpaired) electrons. The van der Waals surface area contributed by atoms with Gasteiger partial charge >= 0.3 is 0 Å². The summed E-state index contributed by atoms with van der Waals surface area (Å²) in [5, 5.41) is 10.2. The second-order valence-electron chi connectivity index (χ2n) is 10.6. The van der Waals surface area contributed by atoms with Gasteiger partial charge in [0.05, 0.1) is 17.5 Å². The zero-order valence-corrected chi connectivity index (χ0v) is 21.2. The third kappa shape index (κ3) is 3.40. The number of fused-ring (bicyclic) bond motifs is 3. The van der Waals surface area contributed by atoms with E-state index in [-0.39, 0.29) is 41.5 Å². The van der Waals surface area contributed by atoms with Crippen molar-refractivity contribution in [3.63, 3.8) is 0 Å². The minimum atomic E-state index is -0.619. The van der Waals surface area contributed by atoms with E-state index in [0.717, 1.165) is 16.7 Å². The van der Waals surface area contributed by atoms with Crippen molar-refractivity contribution in [1.29, 1.82) is 0 Å². The zero-order chi connectivity index (χ0) is 26.9. The smallest absolute Gasteiger partial charge is 0.238 e. The number of rotatable bonds is 3. The topological polar surface area (TPSA) is 91.8 Å². The van der Waals surface area contributed by atoms with Gasteiger partial charge in [-0.2, -0.15) is 0 Å². The van der Waals surface area contributed by atoms with E-state index < -0.39 is 17.8 Å². The van der Waals surface area contributed by atoms with E-state index in [1.54, 1.807) is 44.2 Å². The summed E-state index contributed by atoms with van der Waals surface area (Å²) in [6, 6.07) is 12.3. The summed E-state index contributed by atoms with van der Waals surface area (Å²) in [6.45, 7) is 7.19. The van der Waals surface area contributed by atoms with Crippen LogP contribution in [0.1, 0.15) is 42.4 Å². The number of imide groups is 1. The Labute approximate surface area is 220 Å². The predicted octanol–water partition coefficient (Wildman–Crippen LogP) is 4.98. The monoisotopic (exact) mass is 505 g/mol. The highest BCUT2D eigenvalue weighted by Crippen LogP contribution is 2.55. The molecule has 1 fully saturated rings. The van der Waals surface area contributed by atoms with Gasteiger partial charge in [0.25, 0.3) is 0 Å². The number of carbonyl (C=O) groups is 4. The molecule has 1 N–H and O–H groups in total. The standard InChI is InChI=1S/C32H27NO5/c1-4-18-5-8-20(9-6-18)33-31(37)22-11-10-21-23(28(22)32(33)38)15-24-26(35)14-17(3)30(36)29(24)27(21)19-7-12-25(34)16(2)13-19/h4-10,12-14,22-23,27-28,34H,1,11,15H2,2-3H3/t22-,23+,27-,28-/m0/s1. The average Bonchev–Trinajstić information content (AvgIpc) is 3.17. The van der Waals surface area contributed by atoms with Crippen molar-refractivity contribution in [1.82, 2.24) is 0 Å². The fourth-order valence-corrected chi connectivity index (χ4v) is 6.61. The fourth-order valence-electron chi connectivity index (χ4n) is 6.61. The third-order valence-corrected chi connectivity index (χ3v) is 8.51. The predicted molar refractivity (Wildman–Crippen MR) is 143 cm³/mol. The summed E-state index contributed by atoms with van der Waals surface area (Å²) in [4.78, 5) is 55.4. The van der Waals surface area contributed by atoms with Crippen molar-refractivity contribution in [2.45, 2.75) is 32.6 Å². The van der Waals surface area contributed by atoms with Crippen LogP contribution < -0.4 is 4.90 Å². The molecule has 0 spiro atoms. The molecule has 0 saturated carbocycles. The summed E-state index contributed by atoms with van der Waals surface area (Å²) in [7, 11) is 0. The molecule has 38 heavy (non-hydrogen) atoms. The van der Waals surface area contributed by atoms with E-state index in [1.807, 2.05) is 24.3 Å². The third-order valence-electron chi connectivity index (χ3n) is 8.51. The van der Waals surface area contributed by atoms with Gasteiger partial charge in [-0.15, -0.1) is 0 Å². The van der Waals surface area contributed by atoms with Gasteiger partial charge in [0, 0.05) is 22.6 Å². The van der Waals surface area contributed by atoms with Crippen LogP contribution in [-0.2, 0) is 19.2 Å². The lowest BCUT2D eigenvalue weighted by Gasteiger charge is -2.42. The van der Waals surface area contributed by atoms with Crippen LogP contribution in [0.4, 0.5) is 5.69 Å². The Kier molecular flexibility index (Phi) is 5.45. The number of anilines is 1. The Morgan fingerprint density at radius 2 is 1.71 bits per heavy atom. The van der Waals surface area contributed by atoms with Crippen LogP contribution in [0.3, 0.4) is 0 Å². The number of Topliss-reactive ketones (excluding diaryl/α,β-unsaturated/α-hetero) is 1. The first-order valence-corrected chi connectivity index (χ1v) is 12.8. The summed E-state index contributed by atoms with van der Waals surface area (Å²) < 4.78 is 0. The van der Waals surface area contributed by atoms with Gasteiger partial charge in [-0.05, 0) is 73.6 Å². The van der Waals surface area contributed by atoms with Crippen molar-refractivity contribution < 1.29 is 24.3 Å². The van der Waals surface area contributed by atoms with Crippen molar-refractivity contribution in [2.75, 3.05) is 4.90 Å². The maximum absolute atomic E-state index is 13.9. The second kappa shape index (κ2) is 8.62. The summed E-state index contributed by atoms with van der Waals surface area (Å²) in [5.41, 5.74) is 5.01. The minimum Gasteiger partial charge on any atom is -0.508 e. The number of aromatic hydroxyl groups is 1. The number of carbonyl (C=O) groups excluding carboxylic acids is 4. The Morgan fingerprint density at radius 3 is 2.39 bits per heavy atom. The molecule has 0 bridgehead atoms. The number of benzene rings is 2. The molecule has 2 amide bonds. The van der Waals surface area contributed by atoms with E-state index in [2.05, 4.69) is 6.58 Å². The van der Waals surface area contributed by atoms with Gasteiger partial charge in [-0.3, -0.25) is 24.1 Å². The molecule has 6 nitrogen and oxygen atoms in total. The highest BCUT2D eigenvalue weighted by Gasteiger charge is 2.56. The SMILES string of the molecule is C=Cc1ccc(N2C(=O)[C@H]3[C@H](CC=C4[C@H](c5ccc(O)c(C)c5)C5=C(C[C@H]43)C(=O)C=C(C)C5=O)C2=O)cc1. The number of phenols is 1. The van der Waals surface area contributed by atoms with Crippen LogP contribution in [0.25, 0.3) is 6.08 Å². The van der Waals surface area contributed by atoms with Gasteiger partial charge in [-0.25, -0.2) is 0 Å². The molecule has 1 saturated heterocycles. The lowest BCUT2D eigenvalue weighted by molar-refractivity contribution is -0.123. The number of hydrogen-bond acceptors (Lipinski definition) is 5. The average molecular weight is 506 g/mol. The largest absolute Gasteiger partial charge is 0.508 e. The summed E-state index contributed by atoms with van der Waals surface area (Å²) in [6.07, 6.45) is 5.71. The molecule has 0 aromatic heterocycles. The normalized spacial score (nSPS) is 26.5. The molecule has 1 heterocycles. The van der Waals surface area contributed by atoms with Crippen molar-refractivity contribution in [2.24, 2.45) is 17.8 Å². The van der Waals surface area contributed by atoms with Crippen LogP contribution in [0.2, 0.25) is 0 Å². The Balaban J connectivity index is 1.47. The highest BCUT2D eigenvalue weighted by molar-refractivity contribution is 6.25. The van der Waals surface area contributed by atoms with Gasteiger partial charge in [-0.1, -0.05) is 48.6 Å². The zero-order valence-electron chi connectivity index (χ0n) is 21.2. The van der Waals surface area contributed by atoms with Crippen LogP contribution in [0, 0.1) is 24.7 Å². The number of nitrogens with zero attached hydrogens (tertiary/aromatic N) is 1. The molecular formula is C32H27NO5. The Morgan fingerprint density at radius 1 is 0.974 bits per heavy atom. The number of amides is 2. The van der Waals surface area contributed by atoms with Crippen LogP contribution in [0.15, 0.2) is 83.5 Å². The van der Waals surface area contributed by atoms with Gasteiger partial charge in [0.15, 0.2) is 11.6 Å². The maximum atomic E-state index is 13.9. The van der Waals surface area contributed by atoms with Crippen molar-refractivity contribution in [3.05, 3.63) is 100 Å². The number of ketones is 2. The Hall–Kier alpha value is -4.32. The van der Waals surface area contributed by atoms with Gasteiger partial charge in [0.2, 0.25) is 11.8 Å². The van der Waals surface area contributed by atoms with E-state index in [1.165, 1.54) is 11.0 Å². The molecule has 6 rings (SSSR count). The van der Waals surface area contributed by atoms with Crippen LogP contribution in [-0.4, -0.2) is 28.5 Å². The number of allylic oxidation sites excluding steroid dienone is 6. The highest BCUT2D eigenvalue weighted by atomic mass is 16.3. The van der Waals surface area contributed by atoms with Crippen LogP contribution in [0.5, 0.6) is 5.75 Å². The molecule has 1 aliphatic heterocycles. The summed E-state index contributed by atoms with van der Waals surface area (Å²) >= 11 is 0. The van der Waals surface area contributed by atoms with E-state index >= 15 is 0 Å². The van der Waals surface area contributed by atoms with Crippen LogP contribution >= 0.6 is 0 Å². The molecule has 4 atom stereocenters. The fraction of sp³-hybridized carbons (Fsp3) is 0.250. The first-order chi connectivity index (χ1) is 18.2. The molecule has 190 valence electrons. The van der Waals surface area contributed by atoms with Gasteiger partial charge < -0.3 is 5.11 Å². The van der Waals surface area contributed by atoms with E-state index in [9.17, 15) is 24.3 Å². The molecule has 0 unspecified atom stereocenters. The first-order valence-electron chi connectivity index (χ1n) is 12.8. The lowest BCUT2D eigenvalue weighted by atomic mass is 9.59. The lowest BCUT2D eigenvalue weighted by Crippen LogP contribution is -2.39. The number of hydrogen-bond donors (Lipinski definition) is 1. The van der Waals surface area contributed by atoms with E-state index in [4.69, 9.17) is 0 Å². The maximum Gasteiger partial charge on any atom is 0.238 e. The number of aryl methyl sites for hydroxylation is 1. The molecule has 3 aliphatic carbocycles. The molecular weight excluding hydrogens is 478 g/mol. The van der Waals surface area contributed by atoms with Crippen molar-refractivity contribution >= 4 is 35.1 Å². The van der Waals surface area contributed by atoms with Gasteiger partial charge in [0.1, 0.15) is 5.75 Å². The quantitative estimate of drug-likeness (QED) is 0.361. The molecule has 2 aromatic carbocycles.